The highest BCUT2D eigenvalue weighted by atomic mass is 32.1. The number of aliphatic hydroxyl groups excluding tert-OH is 1. The van der Waals surface area contributed by atoms with Crippen molar-refractivity contribution in [3.05, 3.63) is 58.3 Å². The Hall–Kier alpha value is -1.69. The summed E-state index contributed by atoms with van der Waals surface area (Å²) in [4.78, 5) is 15.4. The van der Waals surface area contributed by atoms with Crippen molar-refractivity contribution in [3.63, 3.8) is 0 Å². The average molecular weight is 330 g/mol. The first-order valence-electron chi connectivity index (χ1n) is 7.98. The maximum atomic E-state index is 12.3. The third-order valence-corrected chi connectivity index (χ3v) is 5.25. The van der Waals surface area contributed by atoms with Crippen LogP contribution in [0.25, 0.3) is 0 Å². The Kier molecular flexibility index (Phi) is 5.43. The molecule has 5 heteroatoms. The lowest BCUT2D eigenvalue weighted by molar-refractivity contribution is 0.0733. The number of hydrogen-bond acceptors (Lipinski definition) is 4. The maximum Gasteiger partial charge on any atom is 0.261 e. The second-order valence-corrected chi connectivity index (χ2v) is 6.96. The van der Waals surface area contributed by atoms with Gasteiger partial charge in [0.1, 0.15) is 0 Å². The van der Waals surface area contributed by atoms with E-state index in [0.29, 0.717) is 0 Å². The molecular weight excluding hydrogens is 308 g/mol. The van der Waals surface area contributed by atoms with Crippen LogP contribution in [0.1, 0.15) is 21.7 Å². The second kappa shape index (κ2) is 7.73. The number of likely N-dealkylation sites (tertiary alicyclic amines) is 1. The van der Waals surface area contributed by atoms with E-state index in [0.717, 1.165) is 30.9 Å². The smallest absolute Gasteiger partial charge is 0.261 e. The monoisotopic (exact) mass is 330 g/mol. The maximum absolute atomic E-state index is 12.3. The highest BCUT2D eigenvalue weighted by Crippen LogP contribution is 2.20. The van der Waals surface area contributed by atoms with Crippen LogP contribution in [-0.2, 0) is 6.54 Å². The Balaban J connectivity index is 1.63. The van der Waals surface area contributed by atoms with Crippen LogP contribution in [-0.4, -0.2) is 41.7 Å². The normalized spacial score (nSPS) is 22.0. The molecule has 0 spiro atoms. The molecule has 1 aliphatic rings. The van der Waals surface area contributed by atoms with E-state index >= 15 is 0 Å². The van der Waals surface area contributed by atoms with Crippen LogP contribution in [0, 0.1) is 5.92 Å². The number of piperidine rings is 1. The Morgan fingerprint density at radius 3 is 2.78 bits per heavy atom. The topological polar surface area (TPSA) is 52.6 Å². The number of aliphatic hydroxyl groups is 1. The van der Waals surface area contributed by atoms with E-state index in [2.05, 4.69) is 22.3 Å². The molecule has 2 aromatic rings. The fourth-order valence-corrected chi connectivity index (χ4v) is 3.71. The third kappa shape index (κ3) is 4.19. The molecule has 2 N–H and O–H groups in total. The number of benzene rings is 1. The number of nitrogens with zero attached hydrogens (tertiary/aromatic N) is 1. The highest BCUT2D eigenvalue weighted by Gasteiger charge is 2.30. The van der Waals surface area contributed by atoms with Crippen molar-refractivity contribution in [1.82, 2.24) is 10.2 Å². The zero-order valence-corrected chi connectivity index (χ0v) is 13.8. The summed E-state index contributed by atoms with van der Waals surface area (Å²) >= 11 is 1.44. The van der Waals surface area contributed by atoms with Gasteiger partial charge in [0.15, 0.2) is 0 Å². The van der Waals surface area contributed by atoms with Crippen LogP contribution < -0.4 is 5.32 Å². The molecule has 1 saturated heterocycles. The van der Waals surface area contributed by atoms with Crippen LogP contribution in [0.3, 0.4) is 0 Å². The van der Waals surface area contributed by atoms with Crippen LogP contribution in [0.4, 0.5) is 0 Å². The van der Waals surface area contributed by atoms with Gasteiger partial charge in [0.2, 0.25) is 0 Å². The molecule has 1 aliphatic heterocycles. The van der Waals surface area contributed by atoms with E-state index in [1.165, 1.54) is 16.9 Å². The molecule has 1 amide bonds. The summed E-state index contributed by atoms with van der Waals surface area (Å²) in [6.45, 7) is 2.72. The molecule has 0 radical (unpaired) electrons. The largest absolute Gasteiger partial charge is 0.396 e. The zero-order valence-electron chi connectivity index (χ0n) is 13.0. The van der Waals surface area contributed by atoms with Gasteiger partial charge in [-0.25, -0.2) is 0 Å². The molecule has 2 unspecified atom stereocenters. The number of nitrogens with one attached hydrogen (secondary N) is 1. The van der Waals surface area contributed by atoms with Crippen molar-refractivity contribution in [3.8, 4) is 0 Å². The lowest BCUT2D eigenvalue weighted by Crippen LogP contribution is -2.53. The quantitative estimate of drug-likeness (QED) is 0.885. The number of rotatable bonds is 5. The molecule has 2 heterocycles. The van der Waals surface area contributed by atoms with Crippen LogP contribution in [0.5, 0.6) is 0 Å². The molecule has 0 aliphatic carbocycles. The van der Waals surface area contributed by atoms with Gasteiger partial charge in [-0.1, -0.05) is 36.4 Å². The summed E-state index contributed by atoms with van der Waals surface area (Å²) in [5.74, 6) is 0.0935. The van der Waals surface area contributed by atoms with Gasteiger partial charge in [-0.15, -0.1) is 11.3 Å². The van der Waals surface area contributed by atoms with Gasteiger partial charge in [-0.3, -0.25) is 9.69 Å². The van der Waals surface area contributed by atoms with E-state index in [9.17, 15) is 9.90 Å². The summed E-state index contributed by atoms with van der Waals surface area (Å²) in [7, 11) is 0. The fourth-order valence-electron chi connectivity index (χ4n) is 3.08. The average Bonchev–Trinajstić information content (AvgIpc) is 3.11. The van der Waals surface area contributed by atoms with Gasteiger partial charge < -0.3 is 10.4 Å². The van der Waals surface area contributed by atoms with E-state index < -0.39 is 0 Å². The SMILES string of the molecule is O=C(NC1CN(Cc2ccccc2)CCC1CO)c1cccs1. The minimum absolute atomic E-state index is 0.00735. The van der Waals surface area contributed by atoms with E-state index in [1.807, 2.05) is 35.7 Å². The molecule has 0 bridgehead atoms. The summed E-state index contributed by atoms with van der Waals surface area (Å²) < 4.78 is 0. The number of carbonyl (C=O) groups excluding carboxylic acids is 1. The number of thiophene rings is 1. The van der Waals surface area contributed by atoms with E-state index in [4.69, 9.17) is 0 Å². The number of carbonyl (C=O) groups is 1. The highest BCUT2D eigenvalue weighted by molar-refractivity contribution is 7.12. The molecule has 122 valence electrons. The number of amides is 1. The van der Waals surface area contributed by atoms with Gasteiger partial charge in [0, 0.05) is 31.7 Å². The number of hydrogen-bond donors (Lipinski definition) is 2. The Bertz CT molecular complexity index is 615. The summed E-state index contributed by atoms with van der Waals surface area (Å²) in [5, 5.41) is 14.6. The Morgan fingerprint density at radius 1 is 1.26 bits per heavy atom. The summed E-state index contributed by atoms with van der Waals surface area (Å²) in [5.41, 5.74) is 1.28. The van der Waals surface area contributed by atoms with Gasteiger partial charge in [0.25, 0.3) is 5.91 Å². The van der Waals surface area contributed by atoms with Gasteiger partial charge in [-0.2, -0.15) is 0 Å². The first kappa shape index (κ1) is 16.2. The Labute approximate surface area is 140 Å². The van der Waals surface area contributed by atoms with Crippen LogP contribution in [0.2, 0.25) is 0 Å². The van der Waals surface area contributed by atoms with Crippen LogP contribution >= 0.6 is 11.3 Å². The van der Waals surface area contributed by atoms with Crippen molar-refractivity contribution in [2.75, 3.05) is 19.7 Å². The van der Waals surface area contributed by atoms with Crippen LogP contribution in [0.15, 0.2) is 47.8 Å². The predicted molar refractivity (Wildman–Crippen MR) is 92.5 cm³/mol. The lowest BCUT2D eigenvalue weighted by Gasteiger charge is -2.38. The Morgan fingerprint density at radius 2 is 2.09 bits per heavy atom. The fraction of sp³-hybridized carbons (Fsp3) is 0.389. The second-order valence-electron chi connectivity index (χ2n) is 6.01. The molecule has 23 heavy (non-hydrogen) atoms. The predicted octanol–water partition coefficient (Wildman–Crippen LogP) is 2.36. The standard InChI is InChI=1S/C18H22N2O2S/c21-13-15-8-9-20(11-14-5-2-1-3-6-14)12-16(15)19-18(22)17-7-4-10-23-17/h1-7,10,15-16,21H,8-9,11-13H2,(H,19,22). The lowest BCUT2D eigenvalue weighted by atomic mass is 9.92. The van der Waals surface area contributed by atoms with Gasteiger partial charge in [0.05, 0.1) is 4.88 Å². The minimum atomic E-state index is -0.0370. The van der Waals surface area contributed by atoms with E-state index in [1.54, 1.807) is 0 Å². The minimum Gasteiger partial charge on any atom is -0.396 e. The first-order chi connectivity index (χ1) is 11.3. The molecule has 3 rings (SSSR count). The molecule has 2 atom stereocenters. The van der Waals surface area contributed by atoms with Crippen molar-refractivity contribution in [1.29, 1.82) is 0 Å². The summed E-state index contributed by atoms with van der Waals surface area (Å²) in [6.07, 6.45) is 0.902. The molecule has 4 nitrogen and oxygen atoms in total. The van der Waals surface area contributed by atoms with Gasteiger partial charge >= 0.3 is 0 Å². The van der Waals surface area contributed by atoms with E-state index in [-0.39, 0.29) is 24.5 Å². The third-order valence-electron chi connectivity index (χ3n) is 4.39. The van der Waals surface area contributed by atoms with Crippen molar-refractivity contribution >= 4 is 17.2 Å². The van der Waals surface area contributed by atoms with Gasteiger partial charge in [-0.05, 0) is 30.0 Å². The summed E-state index contributed by atoms with van der Waals surface area (Å²) in [6, 6.07) is 14.1. The van der Waals surface area contributed by atoms with Crippen molar-refractivity contribution in [2.45, 2.75) is 19.0 Å². The molecule has 1 aromatic carbocycles. The first-order valence-corrected chi connectivity index (χ1v) is 8.85. The molecule has 1 aromatic heterocycles. The van der Waals surface area contributed by atoms with Crippen molar-refractivity contribution < 1.29 is 9.90 Å². The van der Waals surface area contributed by atoms with Crippen molar-refractivity contribution in [2.24, 2.45) is 5.92 Å². The molecular formula is C18H22N2O2S. The zero-order chi connectivity index (χ0) is 16.1. The molecule has 0 saturated carbocycles. The molecule has 1 fully saturated rings.